The van der Waals surface area contributed by atoms with Gasteiger partial charge in [-0.25, -0.2) is 4.68 Å². The molecular formula is C17H23N3O3. The molecule has 0 aliphatic carbocycles. The highest BCUT2D eigenvalue weighted by molar-refractivity contribution is 5.39. The van der Waals surface area contributed by atoms with Crippen molar-refractivity contribution in [2.75, 3.05) is 13.2 Å². The summed E-state index contributed by atoms with van der Waals surface area (Å²) in [4.78, 5) is 0. The molecule has 6 heteroatoms. The van der Waals surface area contributed by atoms with E-state index in [9.17, 15) is 5.11 Å². The number of benzene rings is 1. The lowest BCUT2D eigenvalue weighted by Gasteiger charge is -2.14. The van der Waals surface area contributed by atoms with E-state index in [-0.39, 0.29) is 12.7 Å². The van der Waals surface area contributed by atoms with Crippen LogP contribution in [0.15, 0.2) is 24.3 Å². The molecule has 1 N–H and O–H groups in total. The van der Waals surface area contributed by atoms with E-state index in [1.807, 2.05) is 24.3 Å². The highest BCUT2D eigenvalue weighted by Gasteiger charge is 2.26. The minimum absolute atomic E-state index is 0.0518. The fourth-order valence-corrected chi connectivity index (χ4v) is 2.69. The van der Waals surface area contributed by atoms with E-state index in [1.54, 1.807) is 4.68 Å². The maximum absolute atomic E-state index is 9.51. The van der Waals surface area contributed by atoms with Gasteiger partial charge < -0.3 is 14.6 Å². The minimum Gasteiger partial charge on any atom is -0.493 e. The zero-order valence-corrected chi connectivity index (χ0v) is 13.6. The summed E-state index contributed by atoms with van der Waals surface area (Å²) in [5, 5.41) is 17.8. The molecule has 1 fully saturated rings. The average molecular weight is 317 g/mol. The summed E-state index contributed by atoms with van der Waals surface area (Å²) in [6, 6.07) is 7.75. The maximum atomic E-state index is 9.51. The van der Waals surface area contributed by atoms with Crippen molar-refractivity contribution in [3.63, 3.8) is 0 Å². The number of hydrogen-bond donors (Lipinski definition) is 1. The van der Waals surface area contributed by atoms with Crippen molar-refractivity contribution in [3.05, 3.63) is 35.7 Å². The largest absolute Gasteiger partial charge is 0.493 e. The Morgan fingerprint density at radius 2 is 2.13 bits per heavy atom. The monoisotopic (exact) mass is 317 g/mol. The predicted octanol–water partition coefficient (Wildman–Crippen LogP) is 2.65. The number of rotatable bonds is 6. The molecule has 0 amide bonds. The second kappa shape index (κ2) is 7.10. The number of ether oxygens (including phenoxy) is 2. The van der Waals surface area contributed by atoms with Crippen LogP contribution in [0.4, 0.5) is 0 Å². The third-order valence-electron chi connectivity index (χ3n) is 3.83. The van der Waals surface area contributed by atoms with E-state index in [4.69, 9.17) is 9.47 Å². The number of aliphatic hydroxyl groups excluding tert-OH is 1. The van der Waals surface area contributed by atoms with Gasteiger partial charge in [0.25, 0.3) is 0 Å². The van der Waals surface area contributed by atoms with Gasteiger partial charge in [-0.1, -0.05) is 19.1 Å². The van der Waals surface area contributed by atoms with Crippen LogP contribution >= 0.6 is 0 Å². The van der Waals surface area contributed by atoms with Gasteiger partial charge in [0.15, 0.2) is 0 Å². The zero-order chi connectivity index (χ0) is 16.2. The number of aliphatic hydroxyl groups is 1. The molecule has 0 radical (unpaired) electrons. The van der Waals surface area contributed by atoms with Crippen LogP contribution in [0.1, 0.15) is 44.2 Å². The molecular weight excluding hydrogens is 294 g/mol. The Morgan fingerprint density at radius 3 is 2.74 bits per heavy atom. The summed E-state index contributed by atoms with van der Waals surface area (Å²) in [5.74, 6) is 1.33. The molecule has 124 valence electrons. The van der Waals surface area contributed by atoms with Crippen LogP contribution in [0.25, 0.3) is 5.69 Å². The van der Waals surface area contributed by atoms with Crippen LogP contribution in [0, 0.1) is 5.92 Å². The quantitative estimate of drug-likeness (QED) is 0.887. The Hall–Kier alpha value is -1.92. The number of nitrogens with zero attached hydrogens (tertiary/aromatic N) is 3. The van der Waals surface area contributed by atoms with Gasteiger partial charge in [0.05, 0.1) is 24.6 Å². The summed E-state index contributed by atoms with van der Waals surface area (Å²) in [6.07, 6.45) is 1.89. The molecule has 1 aliphatic rings. The van der Waals surface area contributed by atoms with Crippen molar-refractivity contribution >= 4 is 0 Å². The van der Waals surface area contributed by atoms with Crippen molar-refractivity contribution in [2.24, 2.45) is 5.92 Å². The fourth-order valence-electron chi connectivity index (χ4n) is 2.69. The van der Waals surface area contributed by atoms with E-state index < -0.39 is 0 Å². The van der Waals surface area contributed by atoms with Gasteiger partial charge in [0, 0.05) is 6.61 Å². The normalized spacial score (nSPS) is 17.8. The van der Waals surface area contributed by atoms with Crippen LogP contribution in [0.3, 0.4) is 0 Å². The SMILES string of the molecule is CC(C)COc1ccc(-n2nnc(CO)c2C2CCCO2)cc1. The van der Waals surface area contributed by atoms with Gasteiger partial charge >= 0.3 is 0 Å². The van der Waals surface area contributed by atoms with Crippen LogP contribution in [0.5, 0.6) is 5.75 Å². The van der Waals surface area contributed by atoms with Gasteiger partial charge in [-0.15, -0.1) is 5.10 Å². The van der Waals surface area contributed by atoms with Crippen molar-refractivity contribution in [1.82, 2.24) is 15.0 Å². The van der Waals surface area contributed by atoms with Gasteiger partial charge in [-0.2, -0.15) is 0 Å². The highest BCUT2D eigenvalue weighted by atomic mass is 16.5. The first-order valence-corrected chi connectivity index (χ1v) is 8.09. The minimum atomic E-state index is -0.134. The van der Waals surface area contributed by atoms with Crippen molar-refractivity contribution in [1.29, 1.82) is 0 Å². The van der Waals surface area contributed by atoms with Crippen LogP contribution < -0.4 is 4.74 Å². The first-order valence-electron chi connectivity index (χ1n) is 8.09. The molecule has 1 saturated heterocycles. The molecule has 0 bridgehead atoms. The lowest BCUT2D eigenvalue weighted by molar-refractivity contribution is 0.104. The molecule has 0 spiro atoms. The molecule has 2 aromatic rings. The Kier molecular flexibility index (Phi) is 4.93. The van der Waals surface area contributed by atoms with Gasteiger partial charge in [-0.3, -0.25) is 0 Å². The van der Waals surface area contributed by atoms with Crippen molar-refractivity contribution in [3.8, 4) is 11.4 Å². The summed E-state index contributed by atoms with van der Waals surface area (Å²) in [7, 11) is 0. The van der Waals surface area contributed by atoms with E-state index in [0.717, 1.165) is 36.6 Å². The average Bonchev–Trinajstić information content (AvgIpc) is 3.21. The second-order valence-corrected chi connectivity index (χ2v) is 6.19. The fraction of sp³-hybridized carbons (Fsp3) is 0.529. The molecule has 23 heavy (non-hydrogen) atoms. The molecule has 1 aliphatic heterocycles. The summed E-state index contributed by atoms with van der Waals surface area (Å²) in [5.41, 5.74) is 2.32. The smallest absolute Gasteiger partial charge is 0.119 e. The highest BCUT2D eigenvalue weighted by Crippen LogP contribution is 2.31. The lowest BCUT2D eigenvalue weighted by atomic mass is 10.1. The van der Waals surface area contributed by atoms with E-state index in [2.05, 4.69) is 24.2 Å². The predicted molar refractivity (Wildman–Crippen MR) is 85.5 cm³/mol. The van der Waals surface area contributed by atoms with Crippen LogP contribution in [-0.4, -0.2) is 33.3 Å². The number of aromatic nitrogens is 3. The van der Waals surface area contributed by atoms with Gasteiger partial charge in [0.1, 0.15) is 17.5 Å². The third-order valence-corrected chi connectivity index (χ3v) is 3.83. The van der Waals surface area contributed by atoms with Crippen molar-refractivity contribution in [2.45, 2.75) is 39.4 Å². The zero-order valence-electron chi connectivity index (χ0n) is 13.6. The molecule has 0 saturated carbocycles. The number of hydrogen-bond acceptors (Lipinski definition) is 5. The van der Waals surface area contributed by atoms with E-state index in [0.29, 0.717) is 18.2 Å². The summed E-state index contributed by atoms with van der Waals surface area (Å²) in [6.45, 7) is 5.54. The van der Waals surface area contributed by atoms with E-state index in [1.165, 1.54) is 0 Å². The van der Waals surface area contributed by atoms with E-state index >= 15 is 0 Å². The van der Waals surface area contributed by atoms with Crippen molar-refractivity contribution < 1.29 is 14.6 Å². The first-order chi connectivity index (χ1) is 11.2. The molecule has 1 unspecified atom stereocenters. The maximum Gasteiger partial charge on any atom is 0.119 e. The van der Waals surface area contributed by atoms with Gasteiger partial charge in [-0.05, 0) is 43.0 Å². The van der Waals surface area contributed by atoms with Crippen LogP contribution in [-0.2, 0) is 11.3 Å². The first kappa shape index (κ1) is 16.0. The Bertz CT molecular complexity index is 631. The third kappa shape index (κ3) is 3.54. The molecule has 3 rings (SSSR count). The van der Waals surface area contributed by atoms with Gasteiger partial charge in [0.2, 0.25) is 0 Å². The Balaban J connectivity index is 1.85. The standard InChI is InChI=1S/C17H23N3O3/c1-12(2)11-23-14-7-5-13(6-8-14)20-17(15(10-21)18-19-20)16-4-3-9-22-16/h5-8,12,16,21H,3-4,9-11H2,1-2H3. The molecule has 1 atom stereocenters. The summed E-state index contributed by atoms with van der Waals surface area (Å²) < 4.78 is 13.2. The molecule has 2 heterocycles. The summed E-state index contributed by atoms with van der Waals surface area (Å²) >= 11 is 0. The lowest BCUT2D eigenvalue weighted by Crippen LogP contribution is -2.09. The Morgan fingerprint density at radius 1 is 1.35 bits per heavy atom. The molecule has 1 aromatic carbocycles. The molecule has 6 nitrogen and oxygen atoms in total. The molecule has 1 aromatic heterocycles. The topological polar surface area (TPSA) is 69.4 Å². The van der Waals surface area contributed by atoms with Crippen LogP contribution in [0.2, 0.25) is 0 Å². The Labute approximate surface area is 136 Å². The second-order valence-electron chi connectivity index (χ2n) is 6.19.